The largest absolute Gasteiger partial charge is 0.468 e. The molecule has 0 aliphatic carbocycles. The summed E-state index contributed by atoms with van der Waals surface area (Å²) in [4.78, 5) is 15.5. The van der Waals surface area contributed by atoms with Crippen molar-refractivity contribution in [2.45, 2.75) is 32.5 Å². The number of halogens is 3. The molecule has 0 saturated heterocycles. The van der Waals surface area contributed by atoms with Crippen LogP contribution in [0.4, 0.5) is 19.0 Å². The molecule has 6 nitrogen and oxygen atoms in total. The van der Waals surface area contributed by atoms with Crippen molar-refractivity contribution in [3.05, 3.63) is 48.1 Å². The first kappa shape index (κ1) is 18.6. The molecule has 1 aliphatic rings. The number of hydrazine groups is 1. The van der Waals surface area contributed by atoms with Crippen molar-refractivity contribution in [2.75, 3.05) is 11.9 Å². The summed E-state index contributed by atoms with van der Waals surface area (Å²) in [6.45, 7) is 2.13. The second-order valence-corrected chi connectivity index (χ2v) is 5.32. The van der Waals surface area contributed by atoms with E-state index in [1.54, 1.807) is 38.3 Å². The Hall–Kier alpha value is -2.71. The van der Waals surface area contributed by atoms with Crippen molar-refractivity contribution in [3.8, 4) is 0 Å². The highest BCUT2D eigenvalue weighted by Gasteiger charge is 2.31. The van der Waals surface area contributed by atoms with Crippen LogP contribution in [0, 0.1) is 0 Å². The van der Waals surface area contributed by atoms with Crippen LogP contribution in [0.15, 0.2) is 42.6 Å². The molecule has 0 radical (unpaired) electrons. The zero-order valence-electron chi connectivity index (χ0n) is 13.8. The molecule has 1 aromatic heterocycles. The number of alkyl halides is 3. The third-order valence-electron chi connectivity index (χ3n) is 3.41. The molecule has 1 aromatic rings. The minimum atomic E-state index is -4.43. The molecule has 1 unspecified atom stereocenters. The van der Waals surface area contributed by atoms with Gasteiger partial charge in [-0.05, 0) is 30.7 Å². The Morgan fingerprint density at radius 2 is 2.24 bits per heavy atom. The van der Waals surface area contributed by atoms with Crippen LogP contribution in [0.1, 0.15) is 31.9 Å². The highest BCUT2D eigenvalue weighted by atomic mass is 19.4. The van der Waals surface area contributed by atoms with Crippen LogP contribution in [-0.2, 0) is 9.53 Å². The molecule has 1 amide bonds. The SMILES string of the molecule is CCC(=O)Nc1cc(C(C)N2NC=CC=C2OCC(F)(F)F)ccn1. The zero-order chi connectivity index (χ0) is 18.4. The summed E-state index contributed by atoms with van der Waals surface area (Å²) in [5.41, 5.74) is 3.60. The maximum Gasteiger partial charge on any atom is 0.422 e. The lowest BCUT2D eigenvalue weighted by molar-refractivity contribution is -0.172. The van der Waals surface area contributed by atoms with Gasteiger partial charge < -0.3 is 15.5 Å². The quantitative estimate of drug-likeness (QED) is 0.819. The van der Waals surface area contributed by atoms with E-state index in [4.69, 9.17) is 4.74 Å². The van der Waals surface area contributed by atoms with Gasteiger partial charge >= 0.3 is 6.18 Å². The highest BCUT2D eigenvalue weighted by molar-refractivity contribution is 5.89. The molecule has 25 heavy (non-hydrogen) atoms. The first-order chi connectivity index (χ1) is 11.8. The molecule has 2 rings (SSSR count). The molecule has 2 N–H and O–H groups in total. The zero-order valence-corrected chi connectivity index (χ0v) is 13.8. The van der Waals surface area contributed by atoms with E-state index in [1.165, 1.54) is 17.3 Å². The van der Waals surface area contributed by atoms with E-state index in [2.05, 4.69) is 15.7 Å². The van der Waals surface area contributed by atoms with Gasteiger partial charge in [0.2, 0.25) is 11.8 Å². The van der Waals surface area contributed by atoms with Gasteiger partial charge in [-0.25, -0.2) is 4.98 Å². The molecule has 0 fully saturated rings. The normalized spacial score (nSPS) is 15.2. The Kier molecular flexibility index (Phi) is 5.89. The Bertz CT molecular complexity index is 674. The van der Waals surface area contributed by atoms with E-state index in [-0.39, 0.29) is 17.8 Å². The molecule has 1 atom stereocenters. The van der Waals surface area contributed by atoms with Crippen LogP contribution in [0.3, 0.4) is 0 Å². The molecule has 1 aliphatic heterocycles. The number of carbonyl (C=O) groups is 1. The summed E-state index contributed by atoms with van der Waals surface area (Å²) in [5, 5.41) is 4.11. The first-order valence-electron chi connectivity index (χ1n) is 7.67. The van der Waals surface area contributed by atoms with Crippen molar-refractivity contribution in [1.82, 2.24) is 15.4 Å². The van der Waals surface area contributed by atoms with Gasteiger partial charge in [-0.2, -0.15) is 13.2 Å². The van der Waals surface area contributed by atoms with Crippen LogP contribution in [0.25, 0.3) is 0 Å². The van der Waals surface area contributed by atoms with Gasteiger partial charge in [0.25, 0.3) is 0 Å². The van der Waals surface area contributed by atoms with Gasteiger partial charge in [-0.3, -0.25) is 9.80 Å². The Morgan fingerprint density at radius 3 is 2.92 bits per heavy atom. The number of amides is 1. The topological polar surface area (TPSA) is 66.5 Å². The third kappa shape index (κ3) is 5.40. The van der Waals surface area contributed by atoms with E-state index in [0.717, 1.165) is 5.56 Å². The van der Waals surface area contributed by atoms with E-state index in [1.807, 2.05) is 0 Å². The number of pyridine rings is 1. The number of rotatable bonds is 6. The number of hydrogen-bond donors (Lipinski definition) is 2. The van der Waals surface area contributed by atoms with Crippen molar-refractivity contribution >= 4 is 11.7 Å². The summed E-state index contributed by atoms with van der Waals surface area (Å²) >= 11 is 0. The average Bonchev–Trinajstić information content (AvgIpc) is 2.59. The predicted molar refractivity (Wildman–Crippen MR) is 85.8 cm³/mol. The van der Waals surface area contributed by atoms with Crippen LogP contribution in [0.5, 0.6) is 0 Å². The molecule has 136 valence electrons. The summed E-state index contributed by atoms with van der Waals surface area (Å²) in [6.07, 6.45) is 1.99. The number of nitrogens with one attached hydrogen (secondary N) is 2. The van der Waals surface area contributed by atoms with Crippen molar-refractivity contribution in [3.63, 3.8) is 0 Å². The second-order valence-electron chi connectivity index (χ2n) is 5.32. The number of anilines is 1. The van der Waals surface area contributed by atoms with Crippen LogP contribution in [-0.4, -0.2) is 28.7 Å². The monoisotopic (exact) mass is 356 g/mol. The Morgan fingerprint density at radius 1 is 1.48 bits per heavy atom. The van der Waals surface area contributed by atoms with Crippen molar-refractivity contribution < 1.29 is 22.7 Å². The fourth-order valence-electron chi connectivity index (χ4n) is 2.13. The minimum absolute atomic E-state index is 0.0447. The Labute approximate surface area is 143 Å². The smallest absolute Gasteiger partial charge is 0.422 e. The first-order valence-corrected chi connectivity index (χ1v) is 7.67. The lowest BCUT2D eigenvalue weighted by Crippen LogP contribution is -2.39. The summed E-state index contributed by atoms with van der Waals surface area (Å²) in [5.74, 6) is 0.249. The Balaban J connectivity index is 2.13. The van der Waals surface area contributed by atoms with Gasteiger partial charge in [-0.15, -0.1) is 0 Å². The van der Waals surface area contributed by atoms with Crippen LogP contribution >= 0.6 is 0 Å². The van der Waals surface area contributed by atoms with E-state index in [9.17, 15) is 18.0 Å². The lowest BCUT2D eigenvalue weighted by Gasteiger charge is -2.34. The standard InChI is InChI=1S/C16H19F3N4O2/c1-3-14(24)22-13-9-12(6-8-20-13)11(2)23-15(5-4-7-21-23)25-10-16(17,18)19/h4-9,11,21H,3,10H2,1-2H3,(H,20,22,24). The molecule has 0 bridgehead atoms. The summed E-state index contributed by atoms with van der Waals surface area (Å²) in [7, 11) is 0. The molecule has 9 heteroatoms. The number of ether oxygens (including phenoxy) is 1. The fraction of sp³-hybridized carbons (Fsp3) is 0.375. The van der Waals surface area contributed by atoms with E-state index < -0.39 is 12.8 Å². The molecule has 0 saturated carbocycles. The summed E-state index contributed by atoms with van der Waals surface area (Å²) < 4.78 is 42.1. The highest BCUT2D eigenvalue weighted by Crippen LogP contribution is 2.27. The van der Waals surface area contributed by atoms with Gasteiger partial charge in [0, 0.05) is 24.9 Å². The van der Waals surface area contributed by atoms with Gasteiger partial charge in [0.15, 0.2) is 6.61 Å². The lowest BCUT2D eigenvalue weighted by atomic mass is 10.1. The molecule has 0 spiro atoms. The van der Waals surface area contributed by atoms with Crippen LogP contribution in [0.2, 0.25) is 0 Å². The number of nitrogens with zero attached hydrogens (tertiary/aromatic N) is 2. The average molecular weight is 356 g/mol. The molecule has 0 aromatic carbocycles. The maximum absolute atomic E-state index is 12.4. The molecule has 2 heterocycles. The van der Waals surface area contributed by atoms with Crippen molar-refractivity contribution in [1.29, 1.82) is 0 Å². The predicted octanol–water partition coefficient (Wildman–Crippen LogP) is 3.25. The summed E-state index contributed by atoms with van der Waals surface area (Å²) in [6, 6.07) is 3.01. The molecular formula is C16H19F3N4O2. The van der Waals surface area contributed by atoms with Gasteiger partial charge in [0.05, 0.1) is 6.04 Å². The van der Waals surface area contributed by atoms with E-state index in [0.29, 0.717) is 12.2 Å². The maximum atomic E-state index is 12.4. The van der Waals surface area contributed by atoms with Crippen LogP contribution < -0.4 is 10.7 Å². The number of hydrogen-bond acceptors (Lipinski definition) is 5. The fourth-order valence-corrected chi connectivity index (χ4v) is 2.13. The molecular weight excluding hydrogens is 337 g/mol. The third-order valence-corrected chi connectivity index (χ3v) is 3.41. The second kappa shape index (κ2) is 7.91. The van der Waals surface area contributed by atoms with Gasteiger partial charge in [-0.1, -0.05) is 6.92 Å². The number of allylic oxidation sites excluding steroid dienone is 2. The van der Waals surface area contributed by atoms with Gasteiger partial charge in [0.1, 0.15) is 5.82 Å². The minimum Gasteiger partial charge on any atom is -0.468 e. The number of aromatic nitrogens is 1. The van der Waals surface area contributed by atoms with E-state index >= 15 is 0 Å². The number of carbonyl (C=O) groups excluding carboxylic acids is 1. The van der Waals surface area contributed by atoms with Crippen molar-refractivity contribution in [2.24, 2.45) is 0 Å².